The molecule has 22 rings (SSSR count). The average Bonchev–Trinajstić information content (AvgIpc) is 1.69. The van der Waals surface area contributed by atoms with E-state index in [4.69, 9.17) is 86.2 Å². The molecule has 1 fully saturated rings. The smallest absolute Gasteiger partial charge is 0.242 e. The molecule has 0 aliphatic heterocycles. The number of fused-ring (bicyclic) bond motifs is 6. The highest BCUT2D eigenvalue weighted by Gasteiger charge is 2.27. The van der Waals surface area contributed by atoms with Gasteiger partial charge < -0.3 is 51.4 Å². The minimum atomic E-state index is -3.64. The van der Waals surface area contributed by atoms with Gasteiger partial charge in [-0.3, -0.25) is 19.7 Å². The van der Waals surface area contributed by atoms with E-state index in [1.807, 2.05) is 111 Å². The molecule has 1 aliphatic rings. The van der Waals surface area contributed by atoms with Crippen molar-refractivity contribution in [3.63, 3.8) is 0 Å². The van der Waals surface area contributed by atoms with Crippen LogP contribution < -0.4 is 31.3 Å². The number of aromatic nitrogens is 28. The van der Waals surface area contributed by atoms with Gasteiger partial charge in [0.2, 0.25) is 15.9 Å². The molecule has 12 N–H and O–H groups in total. The lowest BCUT2D eigenvalue weighted by Gasteiger charge is -2.14. The molecular formula is C93H75Br2Cl7FN35O3S. The van der Waals surface area contributed by atoms with Crippen LogP contribution in [0.1, 0.15) is 36.5 Å². The maximum Gasteiger partial charge on any atom is 0.242 e. The van der Waals surface area contributed by atoms with Crippen LogP contribution in [0.4, 0.5) is 33.5 Å². The number of amides is 1. The van der Waals surface area contributed by atoms with Crippen LogP contribution in [0.15, 0.2) is 241 Å². The summed E-state index contributed by atoms with van der Waals surface area (Å²) in [5.41, 5.74) is 16.4. The largest absolute Gasteiger partial charge is 0.367 e. The van der Waals surface area contributed by atoms with E-state index in [-0.39, 0.29) is 44.6 Å². The van der Waals surface area contributed by atoms with Crippen LogP contribution in [0.3, 0.4) is 0 Å². The molecule has 0 bridgehead atoms. The fraction of sp³-hybridized carbons (Fsp3) is 0.129. The van der Waals surface area contributed by atoms with Gasteiger partial charge in [0.1, 0.15) is 99.6 Å². The summed E-state index contributed by atoms with van der Waals surface area (Å²) in [4.78, 5) is 112. The zero-order chi connectivity index (χ0) is 98.9. The number of likely N-dealkylation sites (N-methyl/N-ethyl adjacent to an activating group) is 1. The number of aromatic amines is 6. The van der Waals surface area contributed by atoms with Crippen LogP contribution in [-0.4, -0.2) is 199 Å². The summed E-state index contributed by atoms with van der Waals surface area (Å²) < 4.78 is 43.4. The molecular weight excluding hydrogens is 2110 g/mol. The molecule has 1 saturated carbocycles. The van der Waals surface area contributed by atoms with E-state index in [2.05, 4.69) is 215 Å². The van der Waals surface area contributed by atoms with Crippen molar-refractivity contribution in [2.24, 2.45) is 0 Å². The number of rotatable bonds is 24. The van der Waals surface area contributed by atoms with Gasteiger partial charge in [0, 0.05) is 106 Å². The van der Waals surface area contributed by atoms with E-state index in [0.29, 0.717) is 136 Å². The number of sulfonamides is 1. The van der Waals surface area contributed by atoms with Crippen LogP contribution in [0.2, 0.25) is 35.8 Å². The number of nitrogens with one attached hydrogen (secondary N) is 12. The summed E-state index contributed by atoms with van der Waals surface area (Å²) in [6.45, 7) is 4.60. The van der Waals surface area contributed by atoms with Gasteiger partial charge in [0.15, 0.2) is 68.8 Å². The van der Waals surface area contributed by atoms with E-state index < -0.39 is 21.9 Å². The topological polar surface area (TPSA) is 505 Å². The van der Waals surface area contributed by atoms with Gasteiger partial charge in [0.25, 0.3) is 0 Å². The highest BCUT2D eigenvalue weighted by atomic mass is 79.9. The van der Waals surface area contributed by atoms with E-state index in [1.54, 1.807) is 80.4 Å². The Morgan fingerprint density at radius 2 is 0.887 bits per heavy atom. The summed E-state index contributed by atoms with van der Waals surface area (Å²) in [5, 5.41) is 32.0. The minimum Gasteiger partial charge on any atom is -0.367 e. The van der Waals surface area contributed by atoms with Crippen molar-refractivity contribution >= 4 is 225 Å². The van der Waals surface area contributed by atoms with Gasteiger partial charge in [-0.2, -0.15) is 10.2 Å². The molecule has 0 unspecified atom stereocenters. The number of benzene rings is 5. The zero-order valence-corrected chi connectivity index (χ0v) is 83.5. The molecule has 1 atom stereocenters. The quantitative estimate of drug-likeness (QED) is 0.0267. The van der Waals surface area contributed by atoms with Gasteiger partial charge in [-0.05, 0) is 128 Å². The van der Waals surface area contributed by atoms with E-state index >= 15 is 0 Å². The summed E-state index contributed by atoms with van der Waals surface area (Å²) >= 11 is 48.2. The Morgan fingerprint density at radius 3 is 1.40 bits per heavy atom. The maximum atomic E-state index is 14.1. The van der Waals surface area contributed by atoms with Gasteiger partial charge >= 0.3 is 0 Å². The Morgan fingerprint density at radius 1 is 0.444 bits per heavy atom. The molecule has 716 valence electrons. The first-order valence-electron chi connectivity index (χ1n) is 42.8. The Balaban J connectivity index is 0.000000118. The number of hydrogen-bond acceptors (Lipinski definition) is 30. The Labute approximate surface area is 857 Å². The van der Waals surface area contributed by atoms with Gasteiger partial charge in [0.05, 0.1) is 60.3 Å². The fourth-order valence-electron chi connectivity index (χ4n) is 13.7. The molecule has 0 spiro atoms. The van der Waals surface area contributed by atoms with Crippen LogP contribution in [0, 0.1) is 5.82 Å². The number of hydrogen-bond donors (Lipinski definition) is 12. The number of halogens is 10. The zero-order valence-electron chi connectivity index (χ0n) is 74.2. The molecule has 0 saturated heterocycles. The Bertz CT molecular complexity index is 8180. The third-order valence-electron chi connectivity index (χ3n) is 20.6. The van der Waals surface area contributed by atoms with Crippen molar-refractivity contribution in [3.05, 3.63) is 300 Å². The third-order valence-corrected chi connectivity index (χ3v) is 24.2. The van der Waals surface area contributed by atoms with E-state index in [9.17, 15) is 17.6 Å². The minimum absolute atomic E-state index is 0.0488. The van der Waals surface area contributed by atoms with Crippen molar-refractivity contribution in [2.45, 2.75) is 50.7 Å². The van der Waals surface area contributed by atoms with Crippen LogP contribution in [-0.2, 0) is 33.7 Å². The van der Waals surface area contributed by atoms with Gasteiger partial charge in [-0.15, -0.1) is 0 Å². The molecule has 0 radical (unpaired) electrons. The highest BCUT2D eigenvalue weighted by Crippen LogP contribution is 2.35. The number of H-pyrrole nitrogens is 6. The predicted molar refractivity (Wildman–Crippen MR) is 556 cm³/mol. The summed E-state index contributed by atoms with van der Waals surface area (Å²) in [6.07, 6.45) is 24.3. The summed E-state index contributed by atoms with van der Waals surface area (Å²) in [6, 6.07) is 44.9. The first-order chi connectivity index (χ1) is 68.7. The van der Waals surface area contributed by atoms with Gasteiger partial charge in [-0.1, -0.05) is 192 Å². The number of nitrogens with zero attached hydrogens (tertiary/aromatic N) is 23. The molecule has 21 aromatic rings. The SMILES string of the molecule is CN(C)CCNc1cnc2[nH]cc(-c3cccc(Br)c3)c2n1.C[C@H](Nc1ccnc(-c2[nH]nc3ncc(Cl)nc23)n1)C(=O)NC1CC1.Clc1ccc(CNc2ccnc(-c3c[nH]c4ncc(Cl)nc34)n2)cc1.Clc1cnc2[nH]cc(-c3cccc(Br)c3)c2n1.Fc1cnc(-c2c[nH]c3ncc(Cl)nc23)nc1NCc1ccc(Cl)cc1.O=S(=O)(Cc1ccccc1)Nc1ccnc(-c2[nH]nc3ncc(Cl)nc23)n1. The van der Waals surface area contributed by atoms with E-state index in [0.717, 1.165) is 108 Å². The highest BCUT2D eigenvalue weighted by molar-refractivity contribution is 9.10. The molecule has 5 aromatic carbocycles. The first-order valence-corrected chi connectivity index (χ1v) is 48.7. The normalized spacial score (nSPS) is 11.9. The molecule has 1 aliphatic carbocycles. The molecule has 38 nitrogen and oxygen atoms in total. The lowest BCUT2D eigenvalue weighted by Crippen LogP contribution is -2.38. The number of carbonyl (C=O) groups excluding carboxylic acids is 1. The van der Waals surface area contributed by atoms with Crippen LogP contribution in [0.5, 0.6) is 0 Å². The molecule has 142 heavy (non-hydrogen) atoms. The molecule has 1 amide bonds. The first kappa shape index (κ1) is 98.9. The monoisotopic (exact) mass is 2180 g/mol. The average molecular weight is 2190 g/mol. The van der Waals surface area contributed by atoms with Crippen molar-refractivity contribution in [1.29, 1.82) is 0 Å². The molecule has 16 aromatic heterocycles. The van der Waals surface area contributed by atoms with Crippen molar-refractivity contribution < 1.29 is 17.6 Å². The Kier molecular flexibility index (Phi) is 31.8. The summed E-state index contributed by atoms with van der Waals surface area (Å²) in [7, 11) is 0.462. The van der Waals surface area contributed by atoms with Crippen LogP contribution in [0.25, 0.3) is 135 Å². The third kappa shape index (κ3) is 25.9. The van der Waals surface area contributed by atoms with Crippen molar-refractivity contribution in [2.75, 3.05) is 53.2 Å². The predicted octanol–water partition coefficient (Wildman–Crippen LogP) is 20.2. The lowest BCUT2D eigenvalue weighted by molar-refractivity contribution is -0.121. The van der Waals surface area contributed by atoms with E-state index in [1.165, 1.54) is 43.2 Å². The second-order valence-electron chi connectivity index (χ2n) is 31.3. The summed E-state index contributed by atoms with van der Waals surface area (Å²) in [5.74, 6) is 2.96. The molecule has 16 heterocycles. The number of anilines is 5. The van der Waals surface area contributed by atoms with Crippen molar-refractivity contribution in [3.8, 4) is 68.1 Å². The number of carbonyl (C=O) groups is 1. The maximum absolute atomic E-state index is 14.1. The lowest BCUT2D eigenvalue weighted by atomic mass is 10.1. The Hall–Kier alpha value is -14.7. The standard InChI is InChI=1S/C17H11Cl2FN6.C17H12Cl2N6.C16H18BrN5.C16H12ClN7O2S.C15H15ClN8O.C12H7BrClN3/c18-10-3-1-9(2-4-10)5-21-16-12(20)7-23-15(26-16)11-6-22-17-14(11)25-13(19)8-24-17;18-11-3-1-10(2-4-11)7-21-14-5-6-20-16(25-14)12-8-22-17-15(12)24-13(19)9-23-17;1-22(2)7-6-18-14-10-20-16-15(21-14)13(9-19-16)11-4-3-5-12(17)8-11;17-11-8-19-16-13(20-11)14(22-23-16)15-18-7-6-12(21-15)24-27(25,26)9-10-4-2-1-3-5-10;1-7(15(25)20-8-2-3-8)19-10-4-5-17-13(22-10)12-11-14(24-23-12)18-6-9(16)21-11;13-8-3-1-2-7(4-8)9-5-15-12-11(9)17-10(14)6-16-12/h1-4,6-8H,5H2,(H,22,24)(H,21,23,26);1-6,8-9H,7H2,(H,22,23)(H,20,21,25);3-5,8-10H,6-7H2,1-2H3,(H,18,21)(H,19,20);1-8H,9H2,(H,18,21,24)(H,19,22,23);4-8H,2-3H2,1H3,(H,20,25)(H,17,19,22)(H,18,23,24);1-6H,(H,15,16)/t;;;;7-;/m....0./s1. The second-order valence-corrected chi connectivity index (χ2v) is 37.6. The fourth-order valence-corrected chi connectivity index (χ4v) is 16.5. The molecule has 49 heteroatoms. The van der Waals surface area contributed by atoms with Gasteiger partial charge in [-0.25, -0.2) is 112 Å². The van der Waals surface area contributed by atoms with Crippen molar-refractivity contribution in [1.82, 2.24) is 150 Å². The second kappa shape index (κ2) is 45.7. The van der Waals surface area contributed by atoms with Crippen LogP contribution >= 0.6 is 113 Å².